The van der Waals surface area contributed by atoms with Crippen molar-refractivity contribution in [3.05, 3.63) is 48.3 Å². The van der Waals surface area contributed by atoms with Gasteiger partial charge >= 0.3 is 0 Å². The van der Waals surface area contributed by atoms with E-state index in [4.69, 9.17) is 0 Å². The second-order valence-corrected chi connectivity index (χ2v) is 8.85. The molecule has 4 nitrogen and oxygen atoms in total. The first-order chi connectivity index (χ1) is 12.8. The maximum Gasteiger partial charge on any atom is 0.227 e. The Morgan fingerprint density at radius 1 is 1.19 bits per heavy atom. The first-order valence-electron chi connectivity index (χ1n) is 9.02. The molecule has 1 fully saturated rings. The lowest BCUT2D eigenvalue weighted by molar-refractivity contribution is -0.120. The molecular weight excluding hydrogens is 362 g/mol. The second-order valence-electron chi connectivity index (χ2n) is 6.60. The molecule has 2 heterocycles. The van der Waals surface area contributed by atoms with Crippen LogP contribution in [0.4, 0.5) is 5.69 Å². The summed E-state index contributed by atoms with van der Waals surface area (Å²) in [6.07, 6.45) is 7.45. The van der Waals surface area contributed by atoms with Crippen molar-refractivity contribution in [3.8, 4) is 0 Å². The van der Waals surface area contributed by atoms with Crippen LogP contribution in [-0.4, -0.2) is 15.9 Å². The summed E-state index contributed by atoms with van der Waals surface area (Å²) in [5.74, 6) is 1.15. The van der Waals surface area contributed by atoms with Crippen molar-refractivity contribution in [2.75, 3.05) is 5.32 Å². The van der Waals surface area contributed by atoms with E-state index in [-0.39, 0.29) is 11.8 Å². The molecule has 134 valence electrons. The Bertz CT molecular complexity index is 888. The number of amides is 1. The number of carbonyl (C=O) groups is 1. The van der Waals surface area contributed by atoms with Crippen molar-refractivity contribution in [2.24, 2.45) is 5.92 Å². The summed E-state index contributed by atoms with van der Waals surface area (Å²) in [7, 11) is 0. The smallest absolute Gasteiger partial charge is 0.227 e. The molecule has 6 heteroatoms. The molecule has 1 aliphatic carbocycles. The van der Waals surface area contributed by atoms with E-state index in [0.717, 1.165) is 44.5 Å². The molecule has 4 rings (SSSR count). The van der Waals surface area contributed by atoms with Crippen LogP contribution in [0.25, 0.3) is 10.2 Å². The predicted octanol–water partition coefficient (Wildman–Crippen LogP) is 5.50. The Hall–Kier alpha value is -1.92. The van der Waals surface area contributed by atoms with Gasteiger partial charge in [-0.2, -0.15) is 0 Å². The van der Waals surface area contributed by atoms with E-state index < -0.39 is 0 Å². The highest BCUT2D eigenvalue weighted by atomic mass is 32.2. The van der Waals surface area contributed by atoms with Gasteiger partial charge in [-0.25, -0.2) is 4.98 Å². The largest absolute Gasteiger partial charge is 0.326 e. The van der Waals surface area contributed by atoms with Crippen molar-refractivity contribution in [1.29, 1.82) is 0 Å². The van der Waals surface area contributed by atoms with Gasteiger partial charge in [0, 0.05) is 23.6 Å². The third kappa shape index (κ3) is 4.24. The van der Waals surface area contributed by atoms with E-state index in [1.807, 2.05) is 42.6 Å². The molecule has 1 aromatic carbocycles. The lowest BCUT2D eigenvalue weighted by atomic mass is 9.88. The monoisotopic (exact) mass is 383 g/mol. The maximum absolute atomic E-state index is 12.4. The molecule has 1 aliphatic rings. The minimum Gasteiger partial charge on any atom is -0.326 e. The Labute approximate surface area is 161 Å². The molecule has 1 N–H and O–H groups in total. The number of fused-ring (bicyclic) bond motifs is 1. The van der Waals surface area contributed by atoms with Crippen LogP contribution >= 0.6 is 23.1 Å². The molecule has 2 aromatic heterocycles. The number of benzene rings is 1. The van der Waals surface area contributed by atoms with Gasteiger partial charge in [0.1, 0.15) is 0 Å². The molecule has 0 unspecified atom stereocenters. The van der Waals surface area contributed by atoms with Gasteiger partial charge in [0.15, 0.2) is 4.34 Å². The molecule has 1 saturated carbocycles. The Kier molecular flexibility index (Phi) is 5.51. The molecule has 26 heavy (non-hydrogen) atoms. The average Bonchev–Trinajstić information content (AvgIpc) is 3.10. The van der Waals surface area contributed by atoms with E-state index in [1.54, 1.807) is 23.1 Å². The molecule has 3 aromatic rings. The molecule has 0 aliphatic heterocycles. The van der Waals surface area contributed by atoms with E-state index in [9.17, 15) is 4.79 Å². The Balaban J connectivity index is 1.42. The van der Waals surface area contributed by atoms with Gasteiger partial charge in [-0.05, 0) is 43.2 Å². The van der Waals surface area contributed by atoms with Crippen LogP contribution in [0, 0.1) is 5.92 Å². The van der Waals surface area contributed by atoms with E-state index in [0.29, 0.717) is 0 Å². The van der Waals surface area contributed by atoms with Crippen molar-refractivity contribution < 1.29 is 4.79 Å². The number of carbonyl (C=O) groups excluding carboxylic acids is 1. The first-order valence-corrected chi connectivity index (χ1v) is 10.8. The third-order valence-corrected chi connectivity index (χ3v) is 6.88. The van der Waals surface area contributed by atoms with Crippen LogP contribution in [-0.2, 0) is 10.5 Å². The number of thioether (sulfide) groups is 1. The topological polar surface area (TPSA) is 54.9 Å². The maximum atomic E-state index is 12.4. The highest BCUT2D eigenvalue weighted by molar-refractivity contribution is 8.00. The van der Waals surface area contributed by atoms with Crippen molar-refractivity contribution in [3.63, 3.8) is 0 Å². The summed E-state index contributed by atoms with van der Waals surface area (Å²) in [5, 5.41) is 3.09. The average molecular weight is 384 g/mol. The number of hydrogen-bond acceptors (Lipinski definition) is 5. The molecule has 0 atom stereocenters. The second kappa shape index (κ2) is 8.18. The Morgan fingerprint density at radius 3 is 2.88 bits per heavy atom. The number of rotatable bonds is 5. The summed E-state index contributed by atoms with van der Waals surface area (Å²) in [6.45, 7) is 0. The molecule has 1 amide bonds. The van der Waals surface area contributed by atoms with Gasteiger partial charge in [0.2, 0.25) is 5.91 Å². The van der Waals surface area contributed by atoms with Gasteiger partial charge in [-0.1, -0.05) is 37.1 Å². The van der Waals surface area contributed by atoms with Crippen molar-refractivity contribution >= 4 is 44.9 Å². The van der Waals surface area contributed by atoms with Gasteiger partial charge in [0.25, 0.3) is 0 Å². The highest BCUT2D eigenvalue weighted by Gasteiger charge is 2.21. The minimum atomic E-state index is 0.165. The lowest BCUT2D eigenvalue weighted by Gasteiger charge is -2.20. The summed E-state index contributed by atoms with van der Waals surface area (Å²) in [5.41, 5.74) is 2.91. The fraction of sp³-hybridized carbons (Fsp3) is 0.350. The fourth-order valence-corrected chi connectivity index (χ4v) is 5.29. The fourth-order valence-electron chi connectivity index (χ4n) is 3.27. The summed E-state index contributed by atoms with van der Waals surface area (Å²) >= 11 is 3.37. The van der Waals surface area contributed by atoms with Crippen LogP contribution < -0.4 is 5.32 Å². The molecule has 0 spiro atoms. The van der Waals surface area contributed by atoms with Crippen LogP contribution in [0.5, 0.6) is 0 Å². The molecule has 0 radical (unpaired) electrons. The third-order valence-electron chi connectivity index (χ3n) is 4.68. The molecular formula is C20H21N3OS2. The number of pyridine rings is 1. The number of thiazole rings is 1. The van der Waals surface area contributed by atoms with Crippen LogP contribution in [0.1, 0.15) is 37.8 Å². The summed E-state index contributed by atoms with van der Waals surface area (Å²) < 4.78 is 2.14. The predicted molar refractivity (Wildman–Crippen MR) is 109 cm³/mol. The van der Waals surface area contributed by atoms with Crippen molar-refractivity contribution in [2.45, 2.75) is 42.2 Å². The molecule has 0 saturated heterocycles. The SMILES string of the molecule is O=C(Nc1ccc2nc(SCc3ccccn3)sc2c1)C1CCCCC1. The minimum absolute atomic E-state index is 0.165. The van der Waals surface area contributed by atoms with Gasteiger partial charge < -0.3 is 5.32 Å². The quantitative estimate of drug-likeness (QED) is 0.591. The number of nitrogens with one attached hydrogen (secondary N) is 1. The summed E-state index contributed by atoms with van der Waals surface area (Å²) in [4.78, 5) is 21.5. The van der Waals surface area contributed by atoms with Crippen LogP contribution in [0.2, 0.25) is 0 Å². The number of hydrogen-bond donors (Lipinski definition) is 1. The zero-order valence-corrected chi connectivity index (χ0v) is 16.1. The number of aromatic nitrogens is 2. The van der Waals surface area contributed by atoms with E-state index in [1.165, 1.54) is 19.3 Å². The zero-order chi connectivity index (χ0) is 17.8. The van der Waals surface area contributed by atoms with Crippen LogP contribution in [0.3, 0.4) is 0 Å². The van der Waals surface area contributed by atoms with Gasteiger partial charge in [0.05, 0.1) is 15.9 Å². The van der Waals surface area contributed by atoms with Gasteiger partial charge in [-0.3, -0.25) is 9.78 Å². The summed E-state index contributed by atoms with van der Waals surface area (Å²) in [6, 6.07) is 11.9. The van der Waals surface area contributed by atoms with Gasteiger partial charge in [-0.15, -0.1) is 11.3 Å². The Morgan fingerprint density at radius 2 is 2.08 bits per heavy atom. The highest BCUT2D eigenvalue weighted by Crippen LogP contribution is 2.33. The normalized spacial score (nSPS) is 15.2. The van der Waals surface area contributed by atoms with Crippen molar-refractivity contribution in [1.82, 2.24) is 9.97 Å². The zero-order valence-electron chi connectivity index (χ0n) is 14.5. The number of nitrogens with zero attached hydrogens (tertiary/aromatic N) is 2. The molecule has 0 bridgehead atoms. The first kappa shape index (κ1) is 17.5. The van der Waals surface area contributed by atoms with E-state index >= 15 is 0 Å². The standard InChI is InChI=1S/C20H21N3OS2/c24-19(14-6-2-1-3-7-14)22-15-9-10-17-18(12-15)26-20(23-17)25-13-16-8-4-5-11-21-16/h4-5,8-12,14H,1-3,6-7,13H2,(H,22,24). The van der Waals surface area contributed by atoms with Crippen LogP contribution in [0.15, 0.2) is 46.9 Å². The number of anilines is 1. The lowest BCUT2D eigenvalue weighted by Crippen LogP contribution is -2.24. The van der Waals surface area contributed by atoms with E-state index in [2.05, 4.69) is 15.3 Å².